The third-order valence-corrected chi connectivity index (χ3v) is 6.80. The summed E-state index contributed by atoms with van der Waals surface area (Å²) < 4.78 is 28.3. The van der Waals surface area contributed by atoms with Gasteiger partial charge in [0.25, 0.3) is 0 Å². The Morgan fingerprint density at radius 1 is 1.19 bits per heavy atom. The Labute approximate surface area is 160 Å². The van der Waals surface area contributed by atoms with Crippen LogP contribution in [0.15, 0.2) is 35.2 Å². The van der Waals surface area contributed by atoms with Crippen LogP contribution in [0.5, 0.6) is 0 Å². The average molecular weight is 391 g/mol. The van der Waals surface area contributed by atoms with E-state index in [0.29, 0.717) is 24.5 Å². The third-order valence-electron chi connectivity index (χ3n) is 4.88. The zero-order valence-electron chi connectivity index (χ0n) is 16.0. The van der Waals surface area contributed by atoms with E-state index in [1.165, 1.54) is 4.31 Å². The Morgan fingerprint density at radius 3 is 2.37 bits per heavy atom. The highest BCUT2D eigenvalue weighted by atomic mass is 32.2. The van der Waals surface area contributed by atoms with Gasteiger partial charge in [-0.05, 0) is 57.4 Å². The Bertz CT molecular complexity index is 913. The molecule has 2 heterocycles. The first-order valence-electron chi connectivity index (χ1n) is 9.18. The molecule has 1 N–H and O–H groups in total. The Morgan fingerprint density at radius 2 is 1.81 bits per heavy atom. The van der Waals surface area contributed by atoms with Crippen molar-refractivity contribution in [1.82, 2.24) is 19.4 Å². The first-order chi connectivity index (χ1) is 12.8. The van der Waals surface area contributed by atoms with Gasteiger partial charge in [-0.15, -0.1) is 0 Å². The lowest BCUT2D eigenvalue weighted by molar-refractivity contribution is -0.124. The minimum atomic E-state index is -3.40. The lowest BCUT2D eigenvalue weighted by atomic mass is 10.2. The van der Waals surface area contributed by atoms with E-state index in [2.05, 4.69) is 10.4 Å². The van der Waals surface area contributed by atoms with Crippen molar-refractivity contribution in [3.05, 3.63) is 47.3 Å². The van der Waals surface area contributed by atoms with Gasteiger partial charge in [-0.3, -0.25) is 9.48 Å². The molecule has 0 bridgehead atoms. The number of aromatic nitrogens is 2. The summed E-state index contributed by atoms with van der Waals surface area (Å²) in [6.45, 7) is 7.14. The number of nitrogens with one attached hydrogen (secondary N) is 1. The second-order valence-electron chi connectivity index (χ2n) is 7.02. The van der Waals surface area contributed by atoms with Crippen molar-refractivity contribution in [2.75, 3.05) is 13.1 Å². The van der Waals surface area contributed by atoms with E-state index in [0.717, 1.165) is 29.8 Å². The number of carbonyl (C=O) groups is 1. The van der Waals surface area contributed by atoms with Crippen LogP contribution in [0.4, 0.5) is 0 Å². The molecule has 0 aliphatic carbocycles. The van der Waals surface area contributed by atoms with Gasteiger partial charge in [-0.1, -0.05) is 12.1 Å². The van der Waals surface area contributed by atoms with Crippen LogP contribution in [-0.4, -0.2) is 41.5 Å². The van der Waals surface area contributed by atoms with E-state index in [4.69, 9.17) is 0 Å². The Balaban J connectivity index is 1.61. The maximum atomic E-state index is 12.5. The molecule has 0 spiro atoms. The number of rotatable bonds is 6. The molecule has 8 heteroatoms. The van der Waals surface area contributed by atoms with Crippen LogP contribution < -0.4 is 5.32 Å². The lowest BCUT2D eigenvalue weighted by Gasteiger charge is -2.16. The van der Waals surface area contributed by atoms with Crippen LogP contribution in [0.1, 0.15) is 42.8 Å². The van der Waals surface area contributed by atoms with E-state index in [1.807, 2.05) is 19.9 Å². The molecule has 1 aliphatic heterocycles. The minimum absolute atomic E-state index is 0.130. The lowest BCUT2D eigenvalue weighted by Crippen LogP contribution is -2.31. The van der Waals surface area contributed by atoms with Gasteiger partial charge in [-0.2, -0.15) is 9.40 Å². The molecule has 1 aromatic heterocycles. The van der Waals surface area contributed by atoms with Gasteiger partial charge in [0.2, 0.25) is 15.9 Å². The number of benzene rings is 1. The fraction of sp³-hybridized carbons (Fsp3) is 0.474. The summed E-state index contributed by atoms with van der Waals surface area (Å²) in [7, 11) is -3.40. The second kappa shape index (κ2) is 7.82. The fourth-order valence-electron chi connectivity index (χ4n) is 3.34. The Kier molecular flexibility index (Phi) is 5.67. The summed E-state index contributed by atoms with van der Waals surface area (Å²) in [6, 6.07) is 8.24. The highest BCUT2D eigenvalue weighted by Crippen LogP contribution is 2.21. The van der Waals surface area contributed by atoms with Gasteiger partial charge in [0.05, 0.1) is 10.6 Å². The highest BCUT2D eigenvalue weighted by molar-refractivity contribution is 7.89. The van der Waals surface area contributed by atoms with Crippen LogP contribution in [0, 0.1) is 13.8 Å². The number of carbonyl (C=O) groups excluding carboxylic acids is 1. The molecule has 3 rings (SSSR count). The van der Waals surface area contributed by atoms with Crippen molar-refractivity contribution in [3.8, 4) is 0 Å². The number of hydrogen-bond acceptors (Lipinski definition) is 4. The van der Waals surface area contributed by atoms with Gasteiger partial charge in [0.15, 0.2) is 0 Å². The molecule has 27 heavy (non-hydrogen) atoms. The molecule has 1 fully saturated rings. The van der Waals surface area contributed by atoms with Crippen molar-refractivity contribution in [2.45, 2.75) is 51.1 Å². The molecule has 1 amide bonds. The monoisotopic (exact) mass is 390 g/mol. The van der Waals surface area contributed by atoms with Crippen molar-refractivity contribution < 1.29 is 13.2 Å². The highest BCUT2D eigenvalue weighted by Gasteiger charge is 2.27. The minimum Gasteiger partial charge on any atom is -0.350 e. The summed E-state index contributed by atoms with van der Waals surface area (Å²) >= 11 is 0. The molecule has 0 saturated carbocycles. The van der Waals surface area contributed by atoms with Crippen molar-refractivity contribution >= 4 is 15.9 Å². The van der Waals surface area contributed by atoms with E-state index in [-0.39, 0.29) is 5.91 Å². The van der Waals surface area contributed by atoms with E-state index in [1.54, 1.807) is 35.9 Å². The summed E-state index contributed by atoms with van der Waals surface area (Å²) in [4.78, 5) is 12.7. The van der Waals surface area contributed by atoms with Crippen LogP contribution in [0.3, 0.4) is 0 Å². The molecule has 1 aromatic carbocycles. The average Bonchev–Trinajstić information content (AvgIpc) is 3.29. The largest absolute Gasteiger partial charge is 0.350 e. The molecule has 1 atom stereocenters. The van der Waals surface area contributed by atoms with Gasteiger partial charge in [-0.25, -0.2) is 8.42 Å². The first kappa shape index (κ1) is 19.6. The number of aryl methyl sites for hydroxylation is 2. The van der Waals surface area contributed by atoms with Crippen molar-refractivity contribution in [2.24, 2.45) is 0 Å². The van der Waals surface area contributed by atoms with E-state index in [9.17, 15) is 13.2 Å². The Hall–Kier alpha value is -2.19. The second-order valence-corrected chi connectivity index (χ2v) is 8.96. The summed E-state index contributed by atoms with van der Waals surface area (Å²) in [5.41, 5.74) is 2.66. The maximum Gasteiger partial charge on any atom is 0.244 e. The van der Waals surface area contributed by atoms with Crippen LogP contribution in [0.2, 0.25) is 0 Å². The smallest absolute Gasteiger partial charge is 0.244 e. The summed E-state index contributed by atoms with van der Waals surface area (Å²) in [5, 5.41) is 7.23. The predicted octanol–water partition coefficient (Wildman–Crippen LogP) is 2.16. The molecular weight excluding hydrogens is 364 g/mol. The molecule has 2 aromatic rings. The number of amides is 1. The molecule has 0 radical (unpaired) electrons. The molecule has 0 unspecified atom stereocenters. The standard InChI is InChI=1S/C19H26N4O3S/c1-14-12-15(2)23(21-14)16(3)19(24)20-13-17-6-8-18(9-7-17)27(25,26)22-10-4-5-11-22/h6-9,12,16H,4-5,10-11,13H2,1-3H3,(H,20,24)/t16-/m1/s1. The number of nitrogens with zero attached hydrogens (tertiary/aromatic N) is 3. The fourth-order valence-corrected chi connectivity index (χ4v) is 4.86. The molecule has 7 nitrogen and oxygen atoms in total. The van der Waals surface area contributed by atoms with Gasteiger partial charge in [0.1, 0.15) is 6.04 Å². The van der Waals surface area contributed by atoms with Crippen LogP contribution >= 0.6 is 0 Å². The van der Waals surface area contributed by atoms with E-state index < -0.39 is 16.1 Å². The number of hydrogen-bond donors (Lipinski definition) is 1. The zero-order valence-corrected chi connectivity index (χ0v) is 16.8. The van der Waals surface area contributed by atoms with Gasteiger partial charge < -0.3 is 5.32 Å². The van der Waals surface area contributed by atoms with Crippen LogP contribution in [0.25, 0.3) is 0 Å². The maximum absolute atomic E-state index is 12.5. The molecule has 1 saturated heterocycles. The topological polar surface area (TPSA) is 84.3 Å². The van der Waals surface area contributed by atoms with Crippen LogP contribution in [-0.2, 0) is 21.4 Å². The van der Waals surface area contributed by atoms with Gasteiger partial charge in [0, 0.05) is 25.3 Å². The summed E-state index contributed by atoms with van der Waals surface area (Å²) in [6.07, 6.45) is 1.83. The third kappa shape index (κ3) is 4.22. The number of sulfonamides is 1. The van der Waals surface area contributed by atoms with E-state index >= 15 is 0 Å². The SMILES string of the molecule is Cc1cc(C)n([C@H](C)C(=O)NCc2ccc(S(=O)(=O)N3CCCC3)cc2)n1. The van der Waals surface area contributed by atoms with Crippen molar-refractivity contribution in [3.63, 3.8) is 0 Å². The van der Waals surface area contributed by atoms with Gasteiger partial charge >= 0.3 is 0 Å². The zero-order chi connectivity index (χ0) is 19.6. The van der Waals surface area contributed by atoms with Crippen molar-refractivity contribution in [1.29, 1.82) is 0 Å². The quantitative estimate of drug-likeness (QED) is 0.819. The first-order valence-corrected chi connectivity index (χ1v) is 10.6. The predicted molar refractivity (Wildman–Crippen MR) is 103 cm³/mol. The molecule has 1 aliphatic rings. The normalized spacial score (nSPS) is 16.4. The molecule has 146 valence electrons. The summed E-state index contributed by atoms with van der Waals surface area (Å²) in [5.74, 6) is -0.130. The molecular formula is C19H26N4O3S.